The van der Waals surface area contributed by atoms with Crippen molar-refractivity contribution in [3.8, 4) is 11.3 Å². The summed E-state index contributed by atoms with van der Waals surface area (Å²) < 4.78 is -0.0101. The lowest BCUT2D eigenvalue weighted by Crippen LogP contribution is -2.56. The van der Waals surface area contributed by atoms with E-state index in [1.54, 1.807) is 6.20 Å². The molecule has 3 N–H and O–H groups in total. The van der Waals surface area contributed by atoms with E-state index in [0.29, 0.717) is 12.8 Å². The van der Waals surface area contributed by atoms with E-state index in [0.717, 1.165) is 64.6 Å². The highest BCUT2D eigenvalue weighted by atomic mass is 16.3. The maximum absolute atomic E-state index is 11.1. The first-order chi connectivity index (χ1) is 17.5. The van der Waals surface area contributed by atoms with Gasteiger partial charge >= 0.3 is 0 Å². The lowest BCUT2D eigenvalue weighted by Gasteiger charge is -2.47. The summed E-state index contributed by atoms with van der Waals surface area (Å²) in [5.74, 6) is 7.90. The molecule has 1 saturated carbocycles. The van der Waals surface area contributed by atoms with Crippen LogP contribution >= 0.6 is 0 Å². The van der Waals surface area contributed by atoms with E-state index in [2.05, 4.69) is 52.4 Å². The molecule has 1 unspecified atom stereocenters. The molecule has 1 atom stereocenters. The predicted molar refractivity (Wildman–Crippen MR) is 142 cm³/mol. The van der Waals surface area contributed by atoms with Crippen LogP contribution in [-0.2, 0) is 0 Å². The molecule has 0 radical (unpaired) electrons. The maximum atomic E-state index is 11.1. The highest BCUT2D eigenvalue weighted by Gasteiger charge is 2.52. The fourth-order valence-electron chi connectivity index (χ4n) is 5.87. The van der Waals surface area contributed by atoms with E-state index in [-0.39, 0.29) is 10.5 Å². The average Bonchev–Trinajstić information content (AvgIpc) is 3.17. The van der Waals surface area contributed by atoms with Gasteiger partial charge in [0.2, 0.25) is 5.70 Å². The van der Waals surface area contributed by atoms with Crippen LogP contribution in [-0.4, -0.2) is 56.9 Å². The van der Waals surface area contributed by atoms with Gasteiger partial charge in [0.15, 0.2) is 0 Å². The number of hydrogen-bond acceptors (Lipinski definition) is 6. The monoisotopic (exact) mass is 477 g/mol. The summed E-state index contributed by atoms with van der Waals surface area (Å²) in [6, 6.07) is 20.6. The second-order valence-electron chi connectivity index (χ2n) is 10.5. The average molecular weight is 478 g/mol. The van der Waals surface area contributed by atoms with E-state index < -0.39 is 5.60 Å². The Bertz CT molecular complexity index is 1480. The van der Waals surface area contributed by atoms with Crippen molar-refractivity contribution in [1.82, 2.24) is 9.88 Å². The smallest absolute Gasteiger partial charge is 0.264 e. The van der Waals surface area contributed by atoms with Gasteiger partial charge in [-0.2, -0.15) is 10.8 Å². The number of rotatable bonds is 5. The van der Waals surface area contributed by atoms with Crippen LogP contribution in [0.5, 0.6) is 0 Å². The van der Waals surface area contributed by atoms with Crippen molar-refractivity contribution < 1.29 is 9.70 Å². The third-order valence-electron chi connectivity index (χ3n) is 7.95. The second-order valence-corrected chi connectivity index (χ2v) is 10.5. The molecule has 0 bridgehead atoms. The fourth-order valence-corrected chi connectivity index (χ4v) is 5.87. The SMILES string of the molecule is N[N+]12C=CN=CC1=C(C1CC(O)(CN3CCC3)C1)N=C2c1ccc2ccc(-c3ccccc3)nc2c1. The summed E-state index contributed by atoms with van der Waals surface area (Å²) in [4.78, 5) is 16.8. The molecule has 0 spiro atoms. The number of pyridine rings is 1. The number of hydrogen-bond donors (Lipinski definition) is 2. The van der Waals surface area contributed by atoms with Crippen molar-refractivity contribution in [1.29, 1.82) is 0 Å². The number of benzene rings is 2. The van der Waals surface area contributed by atoms with E-state index in [9.17, 15) is 5.11 Å². The Hall–Kier alpha value is -3.49. The summed E-state index contributed by atoms with van der Waals surface area (Å²) in [5.41, 5.74) is 5.05. The van der Waals surface area contributed by atoms with Crippen LogP contribution in [0.1, 0.15) is 24.8 Å². The molecule has 36 heavy (non-hydrogen) atoms. The molecule has 3 aliphatic heterocycles. The van der Waals surface area contributed by atoms with Crippen LogP contribution in [0.3, 0.4) is 0 Å². The Morgan fingerprint density at radius 1 is 1.03 bits per heavy atom. The van der Waals surface area contributed by atoms with E-state index >= 15 is 0 Å². The van der Waals surface area contributed by atoms with Gasteiger partial charge in [0.25, 0.3) is 5.84 Å². The number of aromatic nitrogens is 1. The van der Waals surface area contributed by atoms with E-state index in [1.807, 2.05) is 30.6 Å². The fraction of sp³-hybridized carbons (Fsp3) is 0.276. The molecule has 0 amide bonds. The van der Waals surface area contributed by atoms with Crippen molar-refractivity contribution in [3.63, 3.8) is 0 Å². The molecule has 2 fully saturated rings. The number of fused-ring (bicyclic) bond motifs is 2. The minimum atomic E-state index is -0.635. The first-order valence-corrected chi connectivity index (χ1v) is 12.6. The van der Waals surface area contributed by atoms with Crippen LogP contribution in [0.2, 0.25) is 0 Å². The molecule has 7 nitrogen and oxygen atoms in total. The standard InChI is InChI=1S/C29H29N6O/c30-35-14-11-31-18-26(35)27(23-16-29(36,17-23)19-34-12-4-13-34)33-28(35)22-8-7-21-9-10-24(32-25(21)15-22)20-5-2-1-3-6-20/h1-3,5-11,14-15,18,23,36H,4,12-13,16-17,19,30H2/q+1. The number of aliphatic hydroxyl groups is 1. The minimum absolute atomic E-state index is 0.0101. The van der Waals surface area contributed by atoms with Gasteiger partial charge in [-0.15, -0.1) is 4.59 Å². The number of quaternary nitrogens is 1. The number of nitrogens with zero attached hydrogens (tertiary/aromatic N) is 5. The molecule has 2 aromatic carbocycles. The van der Waals surface area contributed by atoms with Gasteiger partial charge in [0.1, 0.15) is 11.9 Å². The molecule has 1 aromatic heterocycles. The minimum Gasteiger partial charge on any atom is -0.389 e. The molecule has 7 rings (SSSR count). The van der Waals surface area contributed by atoms with Crippen molar-refractivity contribution >= 4 is 23.0 Å². The summed E-state index contributed by atoms with van der Waals surface area (Å²) in [6.45, 7) is 2.93. The highest BCUT2D eigenvalue weighted by molar-refractivity contribution is 6.02. The molecular weight excluding hydrogens is 448 g/mol. The van der Waals surface area contributed by atoms with E-state index in [4.69, 9.17) is 15.8 Å². The first-order valence-electron chi connectivity index (χ1n) is 12.6. The van der Waals surface area contributed by atoms with Gasteiger partial charge < -0.3 is 10.0 Å². The topological polar surface area (TPSA) is 87.1 Å². The number of nitrogens with two attached hydrogens (primary N) is 1. The van der Waals surface area contributed by atoms with Crippen LogP contribution in [0, 0.1) is 5.92 Å². The molecule has 1 saturated heterocycles. The number of amidine groups is 1. The lowest BCUT2D eigenvalue weighted by atomic mass is 9.68. The Kier molecular flexibility index (Phi) is 4.84. The second kappa shape index (κ2) is 8.01. The Morgan fingerprint density at radius 2 is 1.83 bits per heavy atom. The van der Waals surface area contributed by atoms with Crippen molar-refractivity contribution in [2.24, 2.45) is 21.7 Å². The lowest BCUT2D eigenvalue weighted by molar-refractivity contribution is -0.750. The van der Waals surface area contributed by atoms with Crippen LogP contribution in [0.4, 0.5) is 0 Å². The van der Waals surface area contributed by atoms with Crippen LogP contribution in [0.25, 0.3) is 22.2 Å². The van der Waals surface area contributed by atoms with Gasteiger partial charge in [0, 0.05) is 23.4 Å². The highest BCUT2D eigenvalue weighted by Crippen LogP contribution is 2.47. The molecule has 180 valence electrons. The zero-order chi connectivity index (χ0) is 24.3. The molecule has 4 heterocycles. The zero-order valence-electron chi connectivity index (χ0n) is 20.1. The number of likely N-dealkylation sites (tertiary alicyclic amines) is 1. The third-order valence-corrected chi connectivity index (χ3v) is 7.95. The van der Waals surface area contributed by atoms with Crippen molar-refractivity contribution in [2.75, 3.05) is 19.6 Å². The van der Waals surface area contributed by atoms with Crippen molar-refractivity contribution in [3.05, 3.63) is 90.0 Å². The number of aliphatic imine (C=N–C) groups is 2. The van der Waals surface area contributed by atoms with Crippen LogP contribution < -0.4 is 5.84 Å². The summed E-state index contributed by atoms with van der Waals surface area (Å²) in [7, 11) is 0. The Balaban J connectivity index is 1.23. The van der Waals surface area contributed by atoms with Gasteiger partial charge in [-0.3, -0.25) is 4.99 Å². The first kappa shape index (κ1) is 21.8. The molecular formula is C29H29N6O+. The quantitative estimate of drug-likeness (QED) is 0.430. The van der Waals surface area contributed by atoms with Gasteiger partial charge in [-0.05, 0) is 50.6 Å². The van der Waals surface area contributed by atoms with Gasteiger partial charge in [0.05, 0.1) is 34.8 Å². The summed E-state index contributed by atoms with van der Waals surface area (Å²) >= 11 is 0. The Labute approximate surface area is 210 Å². The van der Waals surface area contributed by atoms with Gasteiger partial charge in [-0.25, -0.2) is 4.98 Å². The Morgan fingerprint density at radius 3 is 2.61 bits per heavy atom. The molecule has 4 aliphatic rings. The third kappa shape index (κ3) is 3.47. The molecule has 3 aromatic rings. The normalized spacial score (nSPS) is 29.2. The predicted octanol–water partition coefficient (Wildman–Crippen LogP) is 3.97. The zero-order valence-corrected chi connectivity index (χ0v) is 20.1. The maximum Gasteiger partial charge on any atom is 0.264 e. The number of β-amino-alcohol motifs (C(OH)–C–C–N with tert-alkyl or cyclic N) is 1. The summed E-state index contributed by atoms with van der Waals surface area (Å²) in [6.07, 6.45) is 8.07. The summed E-state index contributed by atoms with van der Waals surface area (Å²) in [5, 5.41) is 12.1. The van der Waals surface area contributed by atoms with E-state index in [1.165, 1.54) is 6.42 Å². The largest absolute Gasteiger partial charge is 0.389 e. The molecule has 1 aliphatic carbocycles. The van der Waals surface area contributed by atoms with Gasteiger partial charge in [-0.1, -0.05) is 42.5 Å². The van der Waals surface area contributed by atoms with Crippen LogP contribution in [0.15, 0.2) is 94.4 Å². The number of allylic oxidation sites excluding steroid dienone is 2. The van der Waals surface area contributed by atoms with Crippen molar-refractivity contribution in [2.45, 2.75) is 24.9 Å². The molecule has 7 heteroatoms.